The molecule has 3 N–H and O–H groups in total. The Labute approximate surface area is 111 Å². The van der Waals surface area contributed by atoms with Gasteiger partial charge < -0.3 is 16.0 Å². The molecule has 0 radical (unpaired) electrons. The molecule has 1 aromatic carbocycles. The number of amides is 2. The molecule has 1 unspecified atom stereocenters. The monoisotopic (exact) mass is 259 g/mol. The lowest BCUT2D eigenvalue weighted by Gasteiger charge is -2.11. The summed E-state index contributed by atoms with van der Waals surface area (Å²) in [6.07, 6.45) is 3.11. The molecule has 0 bridgehead atoms. The maximum atomic E-state index is 11.9. The number of benzene rings is 1. The van der Waals surface area contributed by atoms with Crippen LogP contribution in [0.25, 0.3) is 0 Å². The lowest BCUT2D eigenvalue weighted by atomic mass is 10.1. The Balaban J connectivity index is 1.62. The van der Waals surface area contributed by atoms with Crippen molar-refractivity contribution in [3.63, 3.8) is 0 Å². The summed E-state index contributed by atoms with van der Waals surface area (Å²) in [6.45, 7) is 1.00. The first-order valence-electron chi connectivity index (χ1n) is 6.67. The highest BCUT2D eigenvalue weighted by molar-refractivity contribution is 6.00. The van der Waals surface area contributed by atoms with E-state index in [0.717, 1.165) is 36.3 Å². The minimum atomic E-state index is 0.00799. The van der Waals surface area contributed by atoms with Crippen LogP contribution in [0.15, 0.2) is 18.2 Å². The summed E-state index contributed by atoms with van der Waals surface area (Å²) < 4.78 is 0. The van der Waals surface area contributed by atoms with Crippen LogP contribution in [0.5, 0.6) is 0 Å². The van der Waals surface area contributed by atoms with Crippen molar-refractivity contribution in [2.45, 2.75) is 31.7 Å². The third-order valence-electron chi connectivity index (χ3n) is 3.61. The molecule has 2 aliphatic rings. The number of anilines is 2. The Kier molecular flexibility index (Phi) is 3.21. The Morgan fingerprint density at radius 2 is 2.32 bits per heavy atom. The van der Waals surface area contributed by atoms with Crippen LogP contribution in [0.4, 0.5) is 11.4 Å². The Hall–Kier alpha value is -1.88. The maximum absolute atomic E-state index is 11.9. The van der Waals surface area contributed by atoms with Gasteiger partial charge in [0.1, 0.15) is 0 Å². The molecule has 1 fully saturated rings. The molecule has 2 heterocycles. The van der Waals surface area contributed by atoms with Crippen LogP contribution < -0.4 is 16.0 Å². The lowest BCUT2D eigenvalue weighted by Crippen LogP contribution is -2.27. The summed E-state index contributed by atoms with van der Waals surface area (Å²) in [4.78, 5) is 23.2. The highest BCUT2D eigenvalue weighted by Gasteiger charge is 2.20. The van der Waals surface area contributed by atoms with Gasteiger partial charge in [-0.05, 0) is 43.1 Å². The molecule has 0 aromatic heterocycles. The van der Waals surface area contributed by atoms with Crippen LogP contribution in [-0.2, 0) is 16.0 Å². The van der Waals surface area contributed by atoms with Gasteiger partial charge in [0, 0.05) is 23.8 Å². The van der Waals surface area contributed by atoms with Crippen LogP contribution >= 0.6 is 0 Å². The average Bonchev–Trinajstić information content (AvgIpc) is 2.96. The summed E-state index contributed by atoms with van der Waals surface area (Å²) >= 11 is 0. The highest BCUT2D eigenvalue weighted by atomic mass is 16.2. The average molecular weight is 259 g/mol. The minimum Gasteiger partial charge on any atom is -0.326 e. The first-order chi connectivity index (χ1) is 9.20. The van der Waals surface area contributed by atoms with Gasteiger partial charge in [-0.3, -0.25) is 9.59 Å². The zero-order valence-corrected chi connectivity index (χ0v) is 10.7. The van der Waals surface area contributed by atoms with Crippen LogP contribution in [-0.4, -0.2) is 24.4 Å². The summed E-state index contributed by atoms with van der Waals surface area (Å²) in [5.74, 6) is 0.0327. The fourth-order valence-corrected chi connectivity index (χ4v) is 2.67. The van der Waals surface area contributed by atoms with Gasteiger partial charge in [-0.1, -0.05) is 0 Å². The van der Waals surface area contributed by atoms with Gasteiger partial charge in [0.25, 0.3) is 0 Å². The number of hydrogen-bond acceptors (Lipinski definition) is 3. The summed E-state index contributed by atoms with van der Waals surface area (Å²) in [5.41, 5.74) is 2.56. The topological polar surface area (TPSA) is 70.2 Å². The first kappa shape index (κ1) is 12.2. The molecule has 3 rings (SSSR count). The SMILES string of the molecule is O=C(CC1CCCN1)Nc1ccc2c(c1)CC(=O)N2. The van der Waals surface area contributed by atoms with Gasteiger partial charge in [0.15, 0.2) is 0 Å². The number of nitrogens with one attached hydrogen (secondary N) is 3. The quantitative estimate of drug-likeness (QED) is 0.765. The van der Waals surface area contributed by atoms with Gasteiger partial charge in [-0.15, -0.1) is 0 Å². The van der Waals surface area contributed by atoms with Gasteiger partial charge >= 0.3 is 0 Å². The van der Waals surface area contributed by atoms with Crippen molar-refractivity contribution in [3.8, 4) is 0 Å². The molecule has 5 heteroatoms. The number of carbonyl (C=O) groups excluding carboxylic acids is 2. The van der Waals surface area contributed by atoms with E-state index in [0.29, 0.717) is 18.9 Å². The van der Waals surface area contributed by atoms with E-state index in [1.165, 1.54) is 0 Å². The largest absolute Gasteiger partial charge is 0.326 e. The molecule has 5 nitrogen and oxygen atoms in total. The van der Waals surface area contributed by atoms with Crippen molar-refractivity contribution >= 4 is 23.2 Å². The number of carbonyl (C=O) groups is 2. The van der Waals surface area contributed by atoms with E-state index in [-0.39, 0.29) is 11.8 Å². The van der Waals surface area contributed by atoms with Crippen LogP contribution in [0.1, 0.15) is 24.8 Å². The standard InChI is InChI=1S/C14H17N3O2/c18-13-7-9-6-11(3-4-12(9)17-13)16-14(19)8-10-2-1-5-15-10/h3-4,6,10,15H,1-2,5,7-8H2,(H,16,19)(H,17,18). The fourth-order valence-electron chi connectivity index (χ4n) is 2.67. The molecular weight excluding hydrogens is 242 g/mol. The van der Waals surface area contributed by atoms with Gasteiger partial charge in [-0.25, -0.2) is 0 Å². The van der Waals surface area contributed by atoms with E-state index in [4.69, 9.17) is 0 Å². The predicted molar refractivity (Wildman–Crippen MR) is 73.0 cm³/mol. The van der Waals surface area contributed by atoms with E-state index in [9.17, 15) is 9.59 Å². The number of fused-ring (bicyclic) bond motifs is 1. The van der Waals surface area contributed by atoms with Gasteiger partial charge in [0.05, 0.1) is 6.42 Å². The predicted octanol–water partition coefficient (Wildman–Crippen LogP) is 1.26. The van der Waals surface area contributed by atoms with E-state index < -0.39 is 0 Å². The fraction of sp³-hybridized carbons (Fsp3) is 0.429. The van der Waals surface area contributed by atoms with Crippen molar-refractivity contribution in [3.05, 3.63) is 23.8 Å². The Morgan fingerprint density at radius 3 is 3.11 bits per heavy atom. The molecule has 0 saturated carbocycles. The van der Waals surface area contributed by atoms with E-state index >= 15 is 0 Å². The van der Waals surface area contributed by atoms with Crippen molar-refractivity contribution in [1.29, 1.82) is 0 Å². The van der Waals surface area contributed by atoms with Crippen LogP contribution in [0.2, 0.25) is 0 Å². The molecule has 2 amide bonds. The van der Waals surface area contributed by atoms with Gasteiger partial charge in [0.2, 0.25) is 11.8 Å². The summed E-state index contributed by atoms with van der Waals surface area (Å²) in [5, 5.41) is 8.98. The smallest absolute Gasteiger partial charge is 0.228 e. The van der Waals surface area contributed by atoms with Crippen molar-refractivity contribution in [2.24, 2.45) is 0 Å². The van der Waals surface area contributed by atoms with E-state index in [1.807, 2.05) is 18.2 Å². The molecular formula is C14H17N3O2. The van der Waals surface area contributed by atoms with E-state index in [2.05, 4.69) is 16.0 Å². The minimum absolute atomic E-state index is 0.00799. The molecule has 0 aliphatic carbocycles. The number of hydrogen-bond donors (Lipinski definition) is 3. The molecule has 2 aliphatic heterocycles. The third kappa shape index (κ3) is 2.76. The zero-order valence-electron chi connectivity index (χ0n) is 10.7. The summed E-state index contributed by atoms with van der Waals surface area (Å²) in [7, 11) is 0. The molecule has 0 spiro atoms. The lowest BCUT2D eigenvalue weighted by molar-refractivity contribution is -0.116. The van der Waals surface area contributed by atoms with Crippen LogP contribution in [0.3, 0.4) is 0 Å². The molecule has 1 atom stereocenters. The Bertz CT molecular complexity index is 521. The first-order valence-corrected chi connectivity index (χ1v) is 6.67. The third-order valence-corrected chi connectivity index (χ3v) is 3.61. The van der Waals surface area contributed by atoms with E-state index in [1.54, 1.807) is 0 Å². The number of rotatable bonds is 3. The molecule has 19 heavy (non-hydrogen) atoms. The second-order valence-corrected chi connectivity index (χ2v) is 5.14. The second kappa shape index (κ2) is 5.01. The molecule has 100 valence electrons. The zero-order chi connectivity index (χ0) is 13.2. The Morgan fingerprint density at radius 1 is 1.42 bits per heavy atom. The highest BCUT2D eigenvalue weighted by Crippen LogP contribution is 2.26. The van der Waals surface area contributed by atoms with Crippen molar-refractivity contribution in [2.75, 3.05) is 17.2 Å². The summed E-state index contributed by atoms with van der Waals surface area (Å²) in [6, 6.07) is 5.83. The normalized spacial score (nSPS) is 21.1. The maximum Gasteiger partial charge on any atom is 0.228 e. The van der Waals surface area contributed by atoms with Crippen molar-refractivity contribution in [1.82, 2.24) is 5.32 Å². The van der Waals surface area contributed by atoms with Crippen LogP contribution in [0, 0.1) is 0 Å². The molecule has 1 aromatic rings. The van der Waals surface area contributed by atoms with Crippen molar-refractivity contribution < 1.29 is 9.59 Å². The second-order valence-electron chi connectivity index (χ2n) is 5.14. The van der Waals surface area contributed by atoms with Gasteiger partial charge in [-0.2, -0.15) is 0 Å². The molecule has 1 saturated heterocycles.